The van der Waals surface area contributed by atoms with Crippen LogP contribution >= 0.6 is 11.3 Å². The number of pyridine rings is 1. The van der Waals surface area contributed by atoms with Crippen molar-refractivity contribution in [2.24, 2.45) is 0 Å². The summed E-state index contributed by atoms with van der Waals surface area (Å²) < 4.78 is 17.7. The summed E-state index contributed by atoms with van der Waals surface area (Å²) in [5.74, 6) is 5.83. The smallest absolute Gasteiger partial charge is 0.303 e. The van der Waals surface area contributed by atoms with Crippen molar-refractivity contribution in [3.8, 4) is 28.8 Å². The lowest BCUT2D eigenvalue weighted by molar-refractivity contribution is -0.113. The van der Waals surface area contributed by atoms with E-state index < -0.39 is 0 Å². The number of thiophene rings is 1. The molecule has 3 aromatic rings. The van der Waals surface area contributed by atoms with Crippen molar-refractivity contribution in [1.82, 2.24) is 4.98 Å². The first-order valence-corrected chi connectivity index (χ1v) is 10.8. The van der Waals surface area contributed by atoms with Crippen molar-refractivity contribution < 1.29 is 18.7 Å². The Bertz CT molecular complexity index is 1280. The summed E-state index contributed by atoms with van der Waals surface area (Å²) in [5.41, 5.74) is 2.48. The van der Waals surface area contributed by atoms with Crippen LogP contribution in [0.3, 0.4) is 0 Å². The van der Waals surface area contributed by atoms with Crippen LogP contribution in [0.15, 0.2) is 32.9 Å². The third-order valence-electron chi connectivity index (χ3n) is 5.22. The van der Waals surface area contributed by atoms with Crippen molar-refractivity contribution in [1.29, 1.82) is 0 Å². The summed E-state index contributed by atoms with van der Waals surface area (Å²) >= 11 is 1.33. The monoisotopic (exact) mass is 437 g/mol. The number of rotatable bonds is 2. The van der Waals surface area contributed by atoms with Crippen molar-refractivity contribution in [2.75, 3.05) is 49.3 Å². The predicted molar refractivity (Wildman–Crippen MR) is 118 cm³/mol. The van der Waals surface area contributed by atoms with Gasteiger partial charge in [-0.3, -0.25) is 14.5 Å². The third kappa shape index (κ3) is 3.54. The highest BCUT2D eigenvalue weighted by atomic mass is 32.1. The molecule has 0 unspecified atom stereocenters. The molecule has 0 spiro atoms. The first-order valence-electron chi connectivity index (χ1n) is 9.91. The zero-order chi connectivity index (χ0) is 21.4. The normalized spacial score (nSPS) is 15.8. The second kappa shape index (κ2) is 8.06. The molecule has 5 rings (SSSR count). The summed E-state index contributed by atoms with van der Waals surface area (Å²) in [6.07, 6.45) is 1.67. The van der Waals surface area contributed by atoms with Gasteiger partial charge in [-0.2, -0.15) is 0 Å². The molecular formula is C22H19N3O5S. The Morgan fingerprint density at radius 3 is 2.84 bits per heavy atom. The molecule has 9 heteroatoms. The first-order chi connectivity index (χ1) is 15.2. The van der Waals surface area contributed by atoms with Gasteiger partial charge in [-0.25, -0.2) is 4.98 Å². The molecule has 2 aliphatic rings. The summed E-state index contributed by atoms with van der Waals surface area (Å²) in [5, 5.41) is 1.88. The van der Waals surface area contributed by atoms with Gasteiger partial charge in [0.05, 0.1) is 19.8 Å². The highest BCUT2D eigenvalue weighted by molar-refractivity contribution is 7.17. The molecule has 0 N–H and O–H groups in total. The molecule has 1 saturated heterocycles. The quantitative estimate of drug-likeness (QED) is 0.570. The molecule has 3 aromatic heterocycles. The molecule has 1 fully saturated rings. The second-order valence-electron chi connectivity index (χ2n) is 7.08. The van der Waals surface area contributed by atoms with Crippen molar-refractivity contribution in [3.63, 3.8) is 0 Å². The van der Waals surface area contributed by atoms with Crippen LogP contribution in [0.5, 0.6) is 5.88 Å². The van der Waals surface area contributed by atoms with Gasteiger partial charge in [0.2, 0.25) is 11.3 Å². The highest BCUT2D eigenvalue weighted by Crippen LogP contribution is 2.38. The largest absolute Gasteiger partial charge is 0.474 e. The van der Waals surface area contributed by atoms with Gasteiger partial charge in [0.15, 0.2) is 11.5 Å². The van der Waals surface area contributed by atoms with E-state index in [2.05, 4.69) is 16.8 Å². The summed E-state index contributed by atoms with van der Waals surface area (Å²) in [4.78, 5) is 33.1. The molecule has 2 aliphatic heterocycles. The molecule has 0 radical (unpaired) electrons. The predicted octanol–water partition coefficient (Wildman–Crippen LogP) is 2.50. The Morgan fingerprint density at radius 2 is 2.03 bits per heavy atom. The molecule has 158 valence electrons. The molecule has 8 nitrogen and oxygen atoms in total. The average Bonchev–Trinajstić information content (AvgIpc) is 3.24. The van der Waals surface area contributed by atoms with E-state index in [9.17, 15) is 9.59 Å². The van der Waals surface area contributed by atoms with Gasteiger partial charge in [-0.15, -0.1) is 11.3 Å². The molecule has 0 saturated carbocycles. The van der Waals surface area contributed by atoms with E-state index in [0.29, 0.717) is 67.2 Å². The Hall–Kier alpha value is -3.35. The maximum atomic E-state index is 12.7. The highest BCUT2D eigenvalue weighted by Gasteiger charge is 2.26. The fourth-order valence-corrected chi connectivity index (χ4v) is 4.61. The third-order valence-corrected chi connectivity index (χ3v) is 6.19. The maximum Gasteiger partial charge on any atom is 0.303 e. The number of amides is 1. The van der Waals surface area contributed by atoms with Gasteiger partial charge < -0.3 is 18.8 Å². The topological polar surface area (TPSA) is 85.1 Å². The maximum absolute atomic E-state index is 12.7. The van der Waals surface area contributed by atoms with Crippen LogP contribution in [-0.2, 0) is 9.53 Å². The molecule has 0 atom stereocenters. The van der Waals surface area contributed by atoms with Crippen LogP contribution in [0.2, 0.25) is 0 Å². The number of hydrogen-bond acceptors (Lipinski definition) is 8. The number of anilines is 2. The molecule has 0 bridgehead atoms. The molecule has 1 amide bonds. The van der Waals surface area contributed by atoms with E-state index in [1.807, 2.05) is 16.3 Å². The minimum absolute atomic E-state index is 0.0803. The minimum atomic E-state index is -0.303. The number of carbonyl (C=O) groups is 1. The zero-order valence-electron chi connectivity index (χ0n) is 16.8. The van der Waals surface area contributed by atoms with Crippen LogP contribution in [0.4, 0.5) is 11.6 Å². The van der Waals surface area contributed by atoms with E-state index >= 15 is 0 Å². The van der Waals surface area contributed by atoms with E-state index in [1.54, 1.807) is 18.0 Å². The summed E-state index contributed by atoms with van der Waals surface area (Å²) in [7, 11) is 0. The van der Waals surface area contributed by atoms with Crippen LogP contribution in [0.1, 0.15) is 6.92 Å². The van der Waals surface area contributed by atoms with Crippen LogP contribution in [0.25, 0.3) is 21.4 Å². The van der Waals surface area contributed by atoms with Crippen molar-refractivity contribution >= 4 is 39.1 Å². The molecule has 0 aromatic carbocycles. The Morgan fingerprint density at radius 1 is 1.19 bits per heavy atom. The van der Waals surface area contributed by atoms with Crippen molar-refractivity contribution in [3.05, 3.63) is 33.9 Å². The lowest BCUT2D eigenvalue weighted by Crippen LogP contribution is -2.37. The Kier molecular flexibility index (Phi) is 5.10. The van der Waals surface area contributed by atoms with Gasteiger partial charge in [-0.1, -0.05) is 5.92 Å². The summed E-state index contributed by atoms with van der Waals surface area (Å²) in [6.45, 7) is 4.90. The van der Waals surface area contributed by atoms with Crippen LogP contribution in [-0.4, -0.2) is 50.3 Å². The van der Waals surface area contributed by atoms with E-state index in [-0.39, 0.29) is 11.3 Å². The van der Waals surface area contributed by atoms with Gasteiger partial charge in [-0.05, 0) is 18.9 Å². The second-order valence-corrected chi connectivity index (χ2v) is 7.96. The molecule has 0 aliphatic carbocycles. The number of nitrogens with zero attached hydrogens (tertiary/aromatic N) is 3. The number of morpholine rings is 1. The number of carbonyl (C=O) groups excluding carboxylic acids is 1. The molecule has 5 heterocycles. The molecular weight excluding hydrogens is 418 g/mol. The summed E-state index contributed by atoms with van der Waals surface area (Å²) in [6, 6.07) is 3.37. The van der Waals surface area contributed by atoms with E-state index in [1.165, 1.54) is 17.4 Å². The lowest BCUT2D eigenvalue weighted by Gasteiger charge is -2.27. The first kappa shape index (κ1) is 19.6. The minimum Gasteiger partial charge on any atom is -0.474 e. The SMILES string of the molecule is CC#CC(=O)N1CCOc2ncc(-c3csc4c(=O)cc(N5CCOCC5)oc34)cc21. The number of ether oxygens (including phenoxy) is 2. The fraction of sp³-hybridized carbons (Fsp3) is 0.318. The van der Waals surface area contributed by atoms with Gasteiger partial charge in [0, 0.05) is 41.9 Å². The lowest BCUT2D eigenvalue weighted by atomic mass is 10.1. The zero-order valence-corrected chi connectivity index (χ0v) is 17.7. The fourth-order valence-electron chi connectivity index (χ4n) is 3.70. The van der Waals surface area contributed by atoms with Crippen LogP contribution < -0.4 is 20.0 Å². The van der Waals surface area contributed by atoms with Gasteiger partial charge in [0.25, 0.3) is 0 Å². The number of aromatic nitrogens is 1. The van der Waals surface area contributed by atoms with Crippen LogP contribution in [0, 0.1) is 11.8 Å². The van der Waals surface area contributed by atoms with E-state index in [4.69, 9.17) is 13.9 Å². The van der Waals surface area contributed by atoms with Gasteiger partial charge in [0.1, 0.15) is 17.0 Å². The average molecular weight is 437 g/mol. The number of fused-ring (bicyclic) bond motifs is 2. The Balaban J connectivity index is 1.60. The molecule has 31 heavy (non-hydrogen) atoms. The standard InChI is InChI=1S/C22H19N3O5S/c1-2-3-18(27)25-6-9-29-22-16(25)10-14(12-23-22)15-13-31-21-17(26)11-19(30-20(15)21)24-4-7-28-8-5-24/h10-13H,4-9H2,1H3. The van der Waals surface area contributed by atoms with Crippen molar-refractivity contribution in [2.45, 2.75) is 6.92 Å². The number of hydrogen-bond donors (Lipinski definition) is 0. The van der Waals surface area contributed by atoms with E-state index in [0.717, 1.165) is 11.1 Å². The van der Waals surface area contributed by atoms with Gasteiger partial charge >= 0.3 is 5.91 Å². The Labute approximate surface area is 182 Å².